The van der Waals surface area contributed by atoms with Crippen LogP contribution in [0, 0.1) is 10.1 Å². The third-order valence-electron chi connectivity index (χ3n) is 2.20. The molecule has 0 aromatic heterocycles. The maximum absolute atomic E-state index is 10.7. The fourth-order valence-corrected chi connectivity index (χ4v) is 1.45. The molecule has 4 heteroatoms. The van der Waals surface area contributed by atoms with Crippen molar-refractivity contribution in [2.45, 2.75) is 12.2 Å². The van der Waals surface area contributed by atoms with Gasteiger partial charge in [0, 0.05) is 6.07 Å². The minimum atomic E-state index is -0.392. The predicted molar refractivity (Wildman–Crippen MR) is 50.9 cm³/mol. The van der Waals surface area contributed by atoms with Gasteiger partial charge >= 0.3 is 0 Å². The molecule has 0 saturated carbocycles. The minimum absolute atomic E-state index is 0.0731. The molecule has 2 rings (SSSR count). The Balaban J connectivity index is 2.34. The highest BCUT2D eigenvalue weighted by Gasteiger charge is 2.41. The third-order valence-corrected chi connectivity index (χ3v) is 2.20. The Hall–Kier alpha value is -1.68. The fraction of sp³-hybridized carbons (Fsp3) is 0.200. The molecular formula is C10H9NO3. The summed E-state index contributed by atoms with van der Waals surface area (Å²) in [6.45, 7) is 3.58. The normalized spacial score (nSPS) is 24.3. The molecule has 72 valence electrons. The molecule has 0 aliphatic carbocycles. The number of nitrogens with zero attached hydrogens (tertiary/aromatic N) is 1. The number of benzene rings is 1. The van der Waals surface area contributed by atoms with Crippen LogP contribution in [-0.2, 0) is 4.74 Å². The second kappa shape index (κ2) is 3.23. The van der Waals surface area contributed by atoms with Gasteiger partial charge in [-0.2, -0.15) is 0 Å². The molecule has 0 unspecified atom stereocenters. The van der Waals surface area contributed by atoms with Gasteiger partial charge in [-0.05, 0) is 6.07 Å². The van der Waals surface area contributed by atoms with Crippen LogP contribution in [0.2, 0.25) is 0 Å². The Morgan fingerprint density at radius 3 is 2.79 bits per heavy atom. The lowest BCUT2D eigenvalue weighted by atomic mass is 10.1. The number of hydrogen-bond acceptors (Lipinski definition) is 3. The zero-order chi connectivity index (χ0) is 10.1. The number of nitro groups is 1. The molecular weight excluding hydrogens is 182 g/mol. The average molecular weight is 191 g/mol. The lowest BCUT2D eigenvalue weighted by molar-refractivity contribution is -0.385. The van der Waals surface area contributed by atoms with Crippen LogP contribution in [0.4, 0.5) is 5.69 Å². The summed E-state index contributed by atoms with van der Waals surface area (Å²) < 4.78 is 5.22. The number of hydrogen-bond donors (Lipinski definition) is 0. The van der Waals surface area contributed by atoms with E-state index in [0.29, 0.717) is 5.56 Å². The topological polar surface area (TPSA) is 55.7 Å². The molecule has 4 nitrogen and oxygen atoms in total. The predicted octanol–water partition coefficient (Wildman–Crippen LogP) is 2.22. The van der Waals surface area contributed by atoms with Gasteiger partial charge in [0.1, 0.15) is 12.2 Å². The molecule has 1 aliphatic rings. The van der Waals surface area contributed by atoms with Gasteiger partial charge in [0.2, 0.25) is 0 Å². The van der Waals surface area contributed by atoms with Crippen molar-refractivity contribution in [3.8, 4) is 0 Å². The molecule has 1 aliphatic heterocycles. The number of epoxide rings is 1. The molecule has 1 aromatic rings. The molecule has 1 fully saturated rings. The average Bonchev–Trinajstić information content (AvgIpc) is 2.96. The van der Waals surface area contributed by atoms with Gasteiger partial charge in [0.15, 0.2) is 0 Å². The number of ether oxygens (including phenoxy) is 1. The summed E-state index contributed by atoms with van der Waals surface area (Å²) in [6, 6.07) is 6.61. The highest BCUT2D eigenvalue weighted by molar-refractivity contribution is 5.44. The van der Waals surface area contributed by atoms with Crippen LogP contribution in [-0.4, -0.2) is 11.0 Å². The van der Waals surface area contributed by atoms with Crippen LogP contribution in [0.5, 0.6) is 0 Å². The van der Waals surface area contributed by atoms with Crippen molar-refractivity contribution in [1.29, 1.82) is 0 Å². The summed E-state index contributed by atoms with van der Waals surface area (Å²) in [4.78, 5) is 10.3. The fourth-order valence-electron chi connectivity index (χ4n) is 1.45. The van der Waals surface area contributed by atoms with Gasteiger partial charge in [0.05, 0.1) is 10.5 Å². The maximum Gasteiger partial charge on any atom is 0.275 e. The quantitative estimate of drug-likeness (QED) is 0.318. The van der Waals surface area contributed by atoms with Gasteiger partial charge in [-0.1, -0.05) is 18.2 Å². The summed E-state index contributed by atoms with van der Waals surface area (Å²) in [5.74, 6) is 0. The van der Waals surface area contributed by atoms with Crippen LogP contribution < -0.4 is 0 Å². The van der Waals surface area contributed by atoms with Crippen LogP contribution in [0.25, 0.3) is 0 Å². The summed E-state index contributed by atoms with van der Waals surface area (Å²) in [6.07, 6.45) is 1.40. The maximum atomic E-state index is 10.7. The summed E-state index contributed by atoms with van der Waals surface area (Å²) >= 11 is 0. The van der Waals surface area contributed by atoms with Gasteiger partial charge in [0.25, 0.3) is 5.69 Å². The monoisotopic (exact) mass is 191 g/mol. The van der Waals surface area contributed by atoms with Crippen molar-refractivity contribution in [3.05, 3.63) is 52.6 Å². The highest BCUT2D eigenvalue weighted by atomic mass is 16.6. The Bertz CT molecular complexity index is 389. The van der Waals surface area contributed by atoms with E-state index in [-0.39, 0.29) is 17.9 Å². The highest BCUT2D eigenvalue weighted by Crippen LogP contribution is 2.42. The van der Waals surface area contributed by atoms with E-state index in [1.165, 1.54) is 6.07 Å². The van der Waals surface area contributed by atoms with Crippen molar-refractivity contribution in [2.24, 2.45) is 0 Å². The number of para-hydroxylation sites is 1. The number of rotatable bonds is 3. The van der Waals surface area contributed by atoms with E-state index in [0.717, 1.165) is 0 Å². The van der Waals surface area contributed by atoms with E-state index in [1.54, 1.807) is 24.3 Å². The summed E-state index contributed by atoms with van der Waals surface area (Å²) in [5, 5.41) is 10.7. The van der Waals surface area contributed by atoms with E-state index in [2.05, 4.69) is 6.58 Å². The van der Waals surface area contributed by atoms with E-state index < -0.39 is 4.92 Å². The molecule has 0 radical (unpaired) electrons. The van der Waals surface area contributed by atoms with Gasteiger partial charge < -0.3 is 4.74 Å². The molecule has 0 N–H and O–H groups in total. The van der Waals surface area contributed by atoms with Gasteiger partial charge in [-0.25, -0.2) is 0 Å². The van der Waals surface area contributed by atoms with Crippen molar-refractivity contribution in [1.82, 2.24) is 0 Å². The van der Waals surface area contributed by atoms with Crippen molar-refractivity contribution in [3.63, 3.8) is 0 Å². The molecule has 0 spiro atoms. The molecule has 1 saturated heterocycles. The smallest absolute Gasteiger partial charge is 0.275 e. The minimum Gasteiger partial charge on any atom is -0.360 e. The molecule has 1 aromatic carbocycles. The molecule has 14 heavy (non-hydrogen) atoms. The van der Waals surface area contributed by atoms with Crippen LogP contribution in [0.1, 0.15) is 11.7 Å². The van der Waals surface area contributed by atoms with Crippen LogP contribution >= 0.6 is 0 Å². The van der Waals surface area contributed by atoms with Gasteiger partial charge in [-0.3, -0.25) is 10.1 Å². The summed E-state index contributed by atoms with van der Waals surface area (Å²) in [5.41, 5.74) is 0.740. The first-order chi connectivity index (χ1) is 6.74. The lowest BCUT2D eigenvalue weighted by Gasteiger charge is -1.97. The largest absolute Gasteiger partial charge is 0.360 e. The first-order valence-corrected chi connectivity index (χ1v) is 4.25. The summed E-state index contributed by atoms with van der Waals surface area (Å²) in [7, 11) is 0. The van der Waals surface area contributed by atoms with E-state index in [9.17, 15) is 10.1 Å². The van der Waals surface area contributed by atoms with Crippen molar-refractivity contribution < 1.29 is 9.66 Å². The first kappa shape index (κ1) is 8.90. The SMILES string of the molecule is C=C[C@H]1O[C@@H]1c1ccccc1[N+](=O)[O-]. The first-order valence-electron chi connectivity index (χ1n) is 4.25. The van der Waals surface area contributed by atoms with Gasteiger partial charge in [-0.15, -0.1) is 6.58 Å². The zero-order valence-corrected chi connectivity index (χ0v) is 7.42. The number of nitro benzene ring substituents is 1. The molecule has 1 heterocycles. The molecule has 2 atom stereocenters. The van der Waals surface area contributed by atoms with Crippen molar-refractivity contribution in [2.75, 3.05) is 0 Å². The zero-order valence-electron chi connectivity index (χ0n) is 7.42. The van der Waals surface area contributed by atoms with Crippen LogP contribution in [0.3, 0.4) is 0 Å². The van der Waals surface area contributed by atoms with Crippen molar-refractivity contribution >= 4 is 5.69 Å². The van der Waals surface area contributed by atoms with Crippen LogP contribution in [0.15, 0.2) is 36.9 Å². The Labute approximate surface area is 81.0 Å². The van der Waals surface area contributed by atoms with E-state index in [1.807, 2.05) is 0 Å². The Morgan fingerprint density at radius 1 is 1.50 bits per heavy atom. The van der Waals surface area contributed by atoms with E-state index in [4.69, 9.17) is 4.74 Å². The second-order valence-corrected chi connectivity index (χ2v) is 3.07. The lowest BCUT2D eigenvalue weighted by Crippen LogP contribution is -1.94. The standard InChI is InChI=1S/C10H9NO3/c1-2-9-10(14-9)7-5-3-4-6-8(7)11(12)13/h2-6,9-10H,1H2/t9-,10-/m1/s1. The molecule has 0 bridgehead atoms. The second-order valence-electron chi connectivity index (χ2n) is 3.07. The Morgan fingerprint density at radius 2 is 2.21 bits per heavy atom. The van der Waals surface area contributed by atoms with E-state index >= 15 is 0 Å². The molecule has 0 amide bonds. The third kappa shape index (κ3) is 1.40. The Kier molecular flexibility index (Phi) is 2.05.